The third-order valence-electron chi connectivity index (χ3n) is 3.09. The normalized spacial score (nSPS) is 11.7. The molecule has 2 rings (SSSR count). The van der Waals surface area contributed by atoms with Crippen molar-refractivity contribution < 1.29 is 8.42 Å². The monoisotopic (exact) mass is 293 g/mol. The smallest absolute Gasteiger partial charge is 0.175 e. The highest BCUT2D eigenvalue weighted by molar-refractivity contribution is 7.90. The molecule has 0 aliphatic rings. The van der Waals surface area contributed by atoms with Crippen molar-refractivity contribution >= 4 is 15.5 Å². The maximum absolute atomic E-state index is 11.4. The number of nitrogen functional groups attached to an aromatic ring is 1. The first-order chi connectivity index (χ1) is 9.41. The lowest BCUT2D eigenvalue weighted by Gasteiger charge is -2.01. The Morgan fingerprint density at radius 3 is 2.45 bits per heavy atom. The van der Waals surface area contributed by atoms with Crippen LogP contribution in [-0.4, -0.2) is 24.5 Å². The van der Waals surface area contributed by atoms with Crippen LogP contribution in [0.4, 0.5) is 5.69 Å². The lowest BCUT2D eigenvalue weighted by molar-refractivity contribution is 0.573. The van der Waals surface area contributed by atoms with Gasteiger partial charge in [-0.2, -0.15) is 5.10 Å². The van der Waals surface area contributed by atoms with E-state index in [4.69, 9.17) is 5.73 Å². The zero-order valence-corrected chi connectivity index (χ0v) is 12.5. The molecule has 1 heterocycles. The standard InChI is InChI=1S/C14H19N3O2S/c1-3-4-9-17-10-13(15)14(16-17)11-5-7-12(8-6-11)20(2,18)19/h5-8,10H,3-4,9,15H2,1-2H3. The summed E-state index contributed by atoms with van der Waals surface area (Å²) >= 11 is 0. The molecule has 1 aromatic heterocycles. The van der Waals surface area contributed by atoms with Gasteiger partial charge in [0, 0.05) is 24.6 Å². The van der Waals surface area contributed by atoms with E-state index in [2.05, 4.69) is 12.0 Å². The zero-order valence-electron chi connectivity index (χ0n) is 11.7. The van der Waals surface area contributed by atoms with Gasteiger partial charge in [0.1, 0.15) is 5.69 Å². The van der Waals surface area contributed by atoms with E-state index >= 15 is 0 Å². The summed E-state index contributed by atoms with van der Waals surface area (Å²) in [6.45, 7) is 2.96. The topological polar surface area (TPSA) is 78.0 Å². The van der Waals surface area contributed by atoms with Crippen LogP contribution >= 0.6 is 0 Å². The minimum absolute atomic E-state index is 0.297. The second-order valence-corrected chi connectivity index (χ2v) is 6.86. The number of sulfone groups is 1. The molecule has 20 heavy (non-hydrogen) atoms. The van der Waals surface area contributed by atoms with E-state index in [1.54, 1.807) is 24.3 Å². The van der Waals surface area contributed by atoms with Crippen molar-refractivity contribution in [2.45, 2.75) is 31.2 Å². The first-order valence-electron chi connectivity index (χ1n) is 6.55. The van der Waals surface area contributed by atoms with Gasteiger partial charge in [-0.1, -0.05) is 25.5 Å². The summed E-state index contributed by atoms with van der Waals surface area (Å²) in [5.41, 5.74) is 8.09. The molecule has 0 bridgehead atoms. The van der Waals surface area contributed by atoms with E-state index in [9.17, 15) is 8.42 Å². The Kier molecular flexibility index (Phi) is 4.13. The molecule has 0 saturated heterocycles. The Bertz CT molecular complexity index is 688. The van der Waals surface area contributed by atoms with Crippen LogP contribution in [0.2, 0.25) is 0 Å². The van der Waals surface area contributed by atoms with Gasteiger partial charge in [-0.05, 0) is 18.6 Å². The Morgan fingerprint density at radius 1 is 1.25 bits per heavy atom. The molecule has 2 N–H and O–H groups in total. The fourth-order valence-electron chi connectivity index (χ4n) is 1.96. The van der Waals surface area contributed by atoms with Crippen molar-refractivity contribution in [3.8, 4) is 11.3 Å². The Morgan fingerprint density at radius 2 is 1.90 bits per heavy atom. The lowest BCUT2D eigenvalue weighted by atomic mass is 10.1. The number of hydrogen-bond acceptors (Lipinski definition) is 4. The maximum Gasteiger partial charge on any atom is 0.175 e. The van der Waals surface area contributed by atoms with Gasteiger partial charge in [0.15, 0.2) is 9.84 Å². The second kappa shape index (κ2) is 5.66. The average Bonchev–Trinajstić information content (AvgIpc) is 2.77. The van der Waals surface area contributed by atoms with Crippen LogP contribution in [0.25, 0.3) is 11.3 Å². The first-order valence-corrected chi connectivity index (χ1v) is 8.44. The highest BCUT2D eigenvalue weighted by Crippen LogP contribution is 2.25. The molecule has 0 saturated carbocycles. The molecule has 0 amide bonds. The molecule has 0 spiro atoms. The van der Waals surface area contributed by atoms with E-state index < -0.39 is 9.84 Å². The molecule has 0 atom stereocenters. The molecule has 108 valence electrons. The van der Waals surface area contributed by atoms with Crippen molar-refractivity contribution in [3.05, 3.63) is 30.5 Å². The summed E-state index contributed by atoms with van der Waals surface area (Å²) in [6, 6.07) is 6.63. The molecule has 0 unspecified atom stereocenters. The molecule has 1 aromatic carbocycles. The van der Waals surface area contributed by atoms with Crippen LogP contribution in [-0.2, 0) is 16.4 Å². The van der Waals surface area contributed by atoms with Gasteiger partial charge in [0.25, 0.3) is 0 Å². The summed E-state index contributed by atoms with van der Waals surface area (Å²) in [6.07, 6.45) is 5.15. The molecule has 0 fully saturated rings. The SMILES string of the molecule is CCCCn1cc(N)c(-c2ccc(S(C)(=O)=O)cc2)n1. The average molecular weight is 293 g/mol. The van der Waals surface area contributed by atoms with Gasteiger partial charge >= 0.3 is 0 Å². The number of nitrogens with two attached hydrogens (primary N) is 1. The molecular weight excluding hydrogens is 274 g/mol. The number of benzene rings is 1. The summed E-state index contributed by atoms with van der Waals surface area (Å²) in [5, 5.41) is 4.45. The molecular formula is C14H19N3O2S. The summed E-state index contributed by atoms with van der Waals surface area (Å²) in [7, 11) is -3.18. The third-order valence-corrected chi connectivity index (χ3v) is 4.22. The summed E-state index contributed by atoms with van der Waals surface area (Å²) in [4.78, 5) is 0.297. The van der Waals surface area contributed by atoms with Gasteiger partial charge in [-0.3, -0.25) is 4.68 Å². The first kappa shape index (κ1) is 14.6. The minimum Gasteiger partial charge on any atom is -0.396 e. The molecule has 0 aliphatic carbocycles. The quantitative estimate of drug-likeness (QED) is 0.917. The molecule has 6 heteroatoms. The molecule has 0 radical (unpaired) electrons. The van der Waals surface area contributed by atoms with Crippen LogP contribution in [0.5, 0.6) is 0 Å². The fourth-order valence-corrected chi connectivity index (χ4v) is 2.59. The number of aryl methyl sites for hydroxylation is 1. The lowest BCUT2D eigenvalue weighted by Crippen LogP contribution is -1.98. The Labute approximate surface area is 119 Å². The van der Waals surface area contributed by atoms with Crippen molar-refractivity contribution in [1.29, 1.82) is 0 Å². The van der Waals surface area contributed by atoms with Crippen LogP contribution in [0.3, 0.4) is 0 Å². The van der Waals surface area contributed by atoms with Crippen molar-refractivity contribution in [2.24, 2.45) is 0 Å². The zero-order chi connectivity index (χ0) is 14.8. The molecule has 0 aliphatic heterocycles. The van der Waals surface area contributed by atoms with Crippen LogP contribution in [0.1, 0.15) is 19.8 Å². The van der Waals surface area contributed by atoms with Gasteiger partial charge in [0.05, 0.1) is 10.6 Å². The summed E-state index contributed by atoms with van der Waals surface area (Å²) < 4.78 is 24.7. The number of rotatable bonds is 5. The number of nitrogens with zero attached hydrogens (tertiary/aromatic N) is 2. The maximum atomic E-state index is 11.4. The van der Waals surface area contributed by atoms with Crippen LogP contribution in [0.15, 0.2) is 35.4 Å². The molecule has 5 nitrogen and oxygen atoms in total. The second-order valence-electron chi connectivity index (χ2n) is 4.85. The largest absolute Gasteiger partial charge is 0.396 e. The summed E-state index contributed by atoms with van der Waals surface area (Å²) in [5.74, 6) is 0. The van der Waals surface area contributed by atoms with E-state index in [1.165, 1.54) is 6.26 Å². The Hall–Kier alpha value is -1.82. The number of hydrogen-bond donors (Lipinski definition) is 1. The van der Waals surface area contributed by atoms with E-state index in [0.29, 0.717) is 16.3 Å². The number of aromatic nitrogens is 2. The highest BCUT2D eigenvalue weighted by atomic mass is 32.2. The van der Waals surface area contributed by atoms with Crippen molar-refractivity contribution in [2.75, 3.05) is 12.0 Å². The van der Waals surface area contributed by atoms with Crippen molar-refractivity contribution in [3.63, 3.8) is 0 Å². The predicted octanol–water partition coefficient (Wildman–Crippen LogP) is 2.34. The van der Waals surface area contributed by atoms with E-state index in [0.717, 1.165) is 24.9 Å². The van der Waals surface area contributed by atoms with E-state index in [-0.39, 0.29) is 0 Å². The minimum atomic E-state index is -3.18. The number of anilines is 1. The number of unbranched alkanes of at least 4 members (excludes halogenated alkanes) is 1. The fraction of sp³-hybridized carbons (Fsp3) is 0.357. The third kappa shape index (κ3) is 3.19. The van der Waals surface area contributed by atoms with Gasteiger partial charge in [0.2, 0.25) is 0 Å². The van der Waals surface area contributed by atoms with Crippen molar-refractivity contribution in [1.82, 2.24) is 9.78 Å². The van der Waals surface area contributed by atoms with Crippen LogP contribution in [0, 0.1) is 0 Å². The molecule has 2 aromatic rings. The van der Waals surface area contributed by atoms with Gasteiger partial charge < -0.3 is 5.73 Å². The highest BCUT2D eigenvalue weighted by Gasteiger charge is 2.11. The van der Waals surface area contributed by atoms with Gasteiger partial charge in [-0.25, -0.2) is 8.42 Å². The Balaban J connectivity index is 2.30. The van der Waals surface area contributed by atoms with Gasteiger partial charge in [-0.15, -0.1) is 0 Å². The van der Waals surface area contributed by atoms with Crippen LogP contribution < -0.4 is 5.73 Å². The van der Waals surface area contributed by atoms with E-state index in [1.807, 2.05) is 10.9 Å². The predicted molar refractivity (Wildman–Crippen MR) is 80.1 cm³/mol.